The molecule has 1 nitrogen and oxygen atoms in total. The van der Waals surface area contributed by atoms with Crippen molar-refractivity contribution in [1.82, 2.24) is 0 Å². The number of allylic oxidation sites excluding steroid dienone is 1. The van der Waals surface area contributed by atoms with Crippen molar-refractivity contribution in [2.45, 2.75) is 19.8 Å². The zero-order valence-corrected chi connectivity index (χ0v) is 12.7. The van der Waals surface area contributed by atoms with Crippen LogP contribution in [-0.2, 0) is 6.42 Å². The van der Waals surface area contributed by atoms with Gasteiger partial charge in [-0.25, -0.2) is 0 Å². The summed E-state index contributed by atoms with van der Waals surface area (Å²) >= 11 is 0. The van der Waals surface area contributed by atoms with Gasteiger partial charge in [0.05, 0.1) is 0 Å². The van der Waals surface area contributed by atoms with Gasteiger partial charge in [0.25, 0.3) is 0 Å². The van der Waals surface area contributed by atoms with Crippen LogP contribution in [0.5, 0.6) is 0 Å². The van der Waals surface area contributed by atoms with Gasteiger partial charge in [0, 0.05) is 19.8 Å². The summed E-state index contributed by atoms with van der Waals surface area (Å²) in [5.41, 5.74) is 6.57. The van der Waals surface area contributed by atoms with E-state index in [-0.39, 0.29) is 0 Å². The quantitative estimate of drug-likeness (QED) is 0.699. The fraction of sp³-hybridized carbons (Fsp3) is 0.263. The third-order valence-corrected chi connectivity index (χ3v) is 3.68. The minimum Gasteiger partial charge on any atom is -0.378 e. The zero-order valence-electron chi connectivity index (χ0n) is 12.7. The van der Waals surface area contributed by atoms with E-state index in [2.05, 4.69) is 75.0 Å². The summed E-state index contributed by atoms with van der Waals surface area (Å²) in [6, 6.07) is 15.4. The van der Waals surface area contributed by atoms with Gasteiger partial charge in [0.2, 0.25) is 0 Å². The Hall–Kier alpha value is -2.02. The van der Waals surface area contributed by atoms with Gasteiger partial charge < -0.3 is 4.90 Å². The van der Waals surface area contributed by atoms with E-state index in [4.69, 9.17) is 0 Å². The molecule has 0 aliphatic rings. The van der Waals surface area contributed by atoms with Crippen molar-refractivity contribution < 1.29 is 0 Å². The third kappa shape index (κ3) is 3.30. The third-order valence-electron chi connectivity index (χ3n) is 3.68. The number of aryl methyl sites for hydroxylation is 2. The number of hydrogen-bond acceptors (Lipinski definition) is 1. The van der Waals surface area contributed by atoms with Gasteiger partial charge in [0.15, 0.2) is 0 Å². The summed E-state index contributed by atoms with van der Waals surface area (Å²) in [5, 5.41) is 0. The van der Waals surface area contributed by atoms with E-state index in [0.29, 0.717) is 0 Å². The van der Waals surface area contributed by atoms with E-state index in [1.54, 1.807) is 0 Å². The average Bonchev–Trinajstić information content (AvgIpc) is 2.46. The SMILES string of the molecule is C=CCCc1ccc(-c2ccc(N(C)C)cc2)cc1C. The van der Waals surface area contributed by atoms with Crippen LogP contribution in [0.1, 0.15) is 17.5 Å². The van der Waals surface area contributed by atoms with Gasteiger partial charge in [-0.1, -0.05) is 36.4 Å². The largest absolute Gasteiger partial charge is 0.378 e. The maximum Gasteiger partial charge on any atom is 0.0361 e. The topological polar surface area (TPSA) is 3.24 Å². The van der Waals surface area contributed by atoms with Crippen molar-refractivity contribution >= 4 is 5.69 Å². The molecule has 0 aromatic heterocycles. The highest BCUT2D eigenvalue weighted by Crippen LogP contribution is 2.25. The molecule has 0 unspecified atom stereocenters. The molecule has 20 heavy (non-hydrogen) atoms. The van der Waals surface area contributed by atoms with E-state index < -0.39 is 0 Å². The minimum atomic E-state index is 1.04. The molecule has 0 saturated heterocycles. The molecular weight excluding hydrogens is 242 g/mol. The van der Waals surface area contributed by atoms with Gasteiger partial charge in [-0.2, -0.15) is 0 Å². The molecule has 0 atom stereocenters. The zero-order chi connectivity index (χ0) is 14.5. The lowest BCUT2D eigenvalue weighted by Crippen LogP contribution is -2.07. The molecule has 0 aliphatic carbocycles. The van der Waals surface area contributed by atoms with Crippen LogP contribution in [-0.4, -0.2) is 14.1 Å². The van der Waals surface area contributed by atoms with Crippen molar-refractivity contribution in [3.63, 3.8) is 0 Å². The highest BCUT2D eigenvalue weighted by atomic mass is 15.1. The Labute approximate surface area is 122 Å². The molecule has 0 heterocycles. The highest BCUT2D eigenvalue weighted by molar-refractivity contribution is 5.67. The Kier molecular flexibility index (Phi) is 4.62. The first-order valence-corrected chi connectivity index (χ1v) is 7.10. The predicted molar refractivity (Wildman–Crippen MR) is 89.5 cm³/mol. The van der Waals surface area contributed by atoms with Crippen LogP contribution in [0.3, 0.4) is 0 Å². The van der Waals surface area contributed by atoms with Gasteiger partial charge >= 0.3 is 0 Å². The van der Waals surface area contributed by atoms with Crippen LogP contribution < -0.4 is 4.90 Å². The molecule has 2 aromatic carbocycles. The molecule has 2 rings (SSSR count). The molecule has 0 amide bonds. The maximum atomic E-state index is 3.79. The number of rotatable bonds is 5. The van der Waals surface area contributed by atoms with Crippen LogP contribution in [0.2, 0.25) is 0 Å². The molecule has 0 bridgehead atoms. The first-order chi connectivity index (χ1) is 9.61. The Morgan fingerprint density at radius 2 is 1.65 bits per heavy atom. The van der Waals surface area contributed by atoms with Gasteiger partial charge in [-0.15, -0.1) is 6.58 Å². The monoisotopic (exact) mass is 265 g/mol. The normalized spacial score (nSPS) is 10.3. The van der Waals surface area contributed by atoms with Crippen molar-refractivity contribution in [2.75, 3.05) is 19.0 Å². The number of benzene rings is 2. The molecule has 104 valence electrons. The molecule has 0 aliphatic heterocycles. The second kappa shape index (κ2) is 6.42. The summed E-state index contributed by atoms with van der Waals surface area (Å²) in [5.74, 6) is 0. The number of nitrogens with zero attached hydrogens (tertiary/aromatic N) is 1. The molecule has 2 aromatic rings. The summed E-state index contributed by atoms with van der Waals surface area (Å²) in [6.07, 6.45) is 4.10. The second-order valence-electron chi connectivity index (χ2n) is 5.41. The standard InChI is InChI=1S/C19H23N/c1-5-6-7-16-8-9-18(14-15(16)2)17-10-12-19(13-11-17)20(3)4/h5,8-14H,1,6-7H2,2-4H3. The van der Waals surface area contributed by atoms with Crippen molar-refractivity contribution in [2.24, 2.45) is 0 Å². The molecule has 0 spiro atoms. The Morgan fingerprint density at radius 3 is 2.20 bits per heavy atom. The lowest BCUT2D eigenvalue weighted by molar-refractivity contribution is 0.990. The van der Waals surface area contributed by atoms with Crippen LogP contribution >= 0.6 is 0 Å². The van der Waals surface area contributed by atoms with Gasteiger partial charge in [-0.05, 0) is 54.2 Å². The summed E-state index contributed by atoms with van der Waals surface area (Å²) < 4.78 is 0. The summed E-state index contributed by atoms with van der Waals surface area (Å²) in [4.78, 5) is 2.12. The molecule has 0 fully saturated rings. The fourth-order valence-corrected chi connectivity index (χ4v) is 2.37. The molecule has 0 saturated carbocycles. The van der Waals surface area contributed by atoms with Gasteiger partial charge in [0.1, 0.15) is 0 Å². The number of anilines is 1. The highest BCUT2D eigenvalue weighted by Gasteiger charge is 2.03. The summed E-state index contributed by atoms with van der Waals surface area (Å²) in [7, 11) is 4.13. The lowest BCUT2D eigenvalue weighted by Gasteiger charge is -2.13. The smallest absolute Gasteiger partial charge is 0.0361 e. The van der Waals surface area contributed by atoms with E-state index in [1.165, 1.54) is 27.9 Å². The lowest BCUT2D eigenvalue weighted by atomic mass is 9.97. The summed E-state index contributed by atoms with van der Waals surface area (Å²) in [6.45, 7) is 5.98. The first-order valence-electron chi connectivity index (χ1n) is 7.10. The Balaban J connectivity index is 2.24. The molecule has 0 N–H and O–H groups in total. The van der Waals surface area contributed by atoms with Crippen LogP contribution in [0.4, 0.5) is 5.69 Å². The molecular formula is C19H23N. The van der Waals surface area contributed by atoms with Crippen LogP contribution in [0.15, 0.2) is 55.1 Å². The second-order valence-corrected chi connectivity index (χ2v) is 5.41. The van der Waals surface area contributed by atoms with Crippen molar-refractivity contribution in [3.05, 3.63) is 66.2 Å². The first kappa shape index (κ1) is 14.4. The Morgan fingerprint density at radius 1 is 1.00 bits per heavy atom. The van der Waals surface area contributed by atoms with Crippen molar-refractivity contribution in [3.8, 4) is 11.1 Å². The number of hydrogen-bond donors (Lipinski definition) is 0. The molecule has 1 heteroatoms. The average molecular weight is 265 g/mol. The molecule has 0 radical (unpaired) electrons. The predicted octanol–water partition coefficient (Wildman–Crippen LogP) is 4.85. The fourth-order valence-electron chi connectivity index (χ4n) is 2.37. The van der Waals surface area contributed by atoms with Crippen molar-refractivity contribution in [1.29, 1.82) is 0 Å². The van der Waals surface area contributed by atoms with E-state index in [0.717, 1.165) is 12.8 Å². The van der Waals surface area contributed by atoms with E-state index >= 15 is 0 Å². The Bertz CT molecular complexity index is 579. The minimum absolute atomic E-state index is 1.04. The van der Waals surface area contributed by atoms with E-state index in [9.17, 15) is 0 Å². The maximum absolute atomic E-state index is 3.79. The van der Waals surface area contributed by atoms with Gasteiger partial charge in [-0.3, -0.25) is 0 Å². The van der Waals surface area contributed by atoms with E-state index in [1.807, 2.05) is 6.08 Å². The van der Waals surface area contributed by atoms with Crippen LogP contribution in [0, 0.1) is 6.92 Å². The van der Waals surface area contributed by atoms with Crippen LogP contribution in [0.25, 0.3) is 11.1 Å².